The van der Waals surface area contributed by atoms with Gasteiger partial charge in [-0.1, -0.05) is 40.6 Å². The van der Waals surface area contributed by atoms with Crippen LogP contribution in [0.1, 0.15) is 58.6 Å². The summed E-state index contributed by atoms with van der Waals surface area (Å²) in [5.41, 5.74) is 10.4. The molecular formula is C37H49N9O18P2S2. The molecule has 3 aromatic heterocycles. The molecule has 372 valence electrons. The number of hydrogen-bond acceptors (Lipinski definition) is 23. The van der Waals surface area contributed by atoms with Crippen LogP contribution < -0.4 is 27.2 Å². The van der Waals surface area contributed by atoms with E-state index in [0.717, 1.165) is 16.6 Å². The summed E-state index contributed by atoms with van der Waals surface area (Å²) in [6, 6.07) is 4.67. The van der Waals surface area contributed by atoms with E-state index in [1.165, 1.54) is 44.7 Å². The van der Waals surface area contributed by atoms with Crippen molar-refractivity contribution in [1.82, 2.24) is 34.4 Å². The number of phosphoric ester groups is 2. The lowest BCUT2D eigenvalue weighted by Gasteiger charge is -2.26. The van der Waals surface area contributed by atoms with Crippen LogP contribution in [-0.2, 0) is 51.2 Å². The Bertz CT molecular complexity index is 2630. The fourth-order valence-corrected chi connectivity index (χ4v) is 9.81. The Labute approximate surface area is 394 Å². The number of rotatable bonds is 19. The van der Waals surface area contributed by atoms with E-state index in [2.05, 4.69) is 29.8 Å². The lowest BCUT2D eigenvalue weighted by Crippen LogP contribution is -2.48. The number of alkyl carbamates (subject to hydrolysis) is 1. The first-order valence-corrected chi connectivity index (χ1v) is 25.7. The molecule has 4 aromatic rings. The predicted octanol–water partition coefficient (Wildman–Crippen LogP) is 2.27. The molecule has 2 fully saturated rings. The zero-order valence-electron chi connectivity index (χ0n) is 36.7. The zero-order chi connectivity index (χ0) is 49.7. The van der Waals surface area contributed by atoms with E-state index in [1.807, 2.05) is 6.92 Å². The summed E-state index contributed by atoms with van der Waals surface area (Å²) in [5.74, 6) is -1.48. The molecule has 68 heavy (non-hydrogen) atoms. The van der Waals surface area contributed by atoms with Crippen molar-refractivity contribution in [2.45, 2.75) is 107 Å². The Morgan fingerprint density at radius 3 is 2.46 bits per heavy atom. The first kappa shape index (κ1) is 52.6. The lowest BCUT2D eigenvalue weighted by atomic mass is 10.1. The van der Waals surface area contributed by atoms with Gasteiger partial charge in [0.25, 0.3) is 0 Å². The summed E-state index contributed by atoms with van der Waals surface area (Å²) < 4.78 is 71.3. The number of anilines is 2. The average Bonchev–Trinajstić information content (AvgIpc) is 3.93. The van der Waals surface area contributed by atoms with E-state index in [9.17, 15) is 48.1 Å². The van der Waals surface area contributed by atoms with Crippen LogP contribution in [0.15, 0.2) is 52.8 Å². The minimum absolute atomic E-state index is 0.0360. The highest BCUT2D eigenvalue weighted by Gasteiger charge is 2.50. The standard InChI is InChI=1S/C37H49N9O18P2S2/c1-6-67-68-23-9-7-8-18(2)29(23)61-26(47)12-19(43-36(51)63-37(3,4)5)34(49)62-30-22(60-33(28(30)48)46-17-42-27-31(39)40-16-41-32(27)46)15-58-66(55,56)64-20-13-25(45-11-10-24(38)44-35(45)50)59-21(20)14-57-65(52,53)54/h7-11,16-17,19-22,25,28,30,33,48H,6,12-15H2,1-5H3,(H,43,51)(H,55,56)(H2,38,44,50)(H2,39,40,41)(H2,52,53,54)/t19-,20?,21+,22+,25+,28+,30+,33+/m0/s1. The maximum atomic E-state index is 14.2. The number of amides is 1. The van der Waals surface area contributed by atoms with Crippen LogP contribution in [0.2, 0.25) is 0 Å². The third kappa shape index (κ3) is 13.7. The molecule has 0 aliphatic carbocycles. The van der Waals surface area contributed by atoms with Crippen LogP contribution in [0.5, 0.6) is 5.75 Å². The quantitative estimate of drug-likeness (QED) is 0.0306. The van der Waals surface area contributed by atoms with Gasteiger partial charge in [0.05, 0.1) is 30.9 Å². The molecule has 0 spiro atoms. The summed E-state index contributed by atoms with van der Waals surface area (Å²) >= 11 is 0. The number of aliphatic hydroxyl groups is 1. The lowest BCUT2D eigenvalue weighted by molar-refractivity contribution is -0.161. The smallest absolute Gasteiger partial charge is 0.455 e. The van der Waals surface area contributed by atoms with Crippen molar-refractivity contribution in [2.75, 3.05) is 30.4 Å². The number of aromatic nitrogens is 6. The number of hydrogen-bond donors (Lipinski definition) is 7. The molecule has 2 saturated heterocycles. The van der Waals surface area contributed by atoms with E-state index in [4.69, 9.17) is 44.2 Å². The number of nitrogens with zero attached hydrogens (tertiary/aromatic N) is 6. The van der Waals surface area contributed by atoms with E-state index in [-0.39, 0.29) is 35.0 Å². The Morgan fingerprint density at radius 2 is 1.76 bits per heavy atom. The molecule has 0 radical (unpaired) electrons. The Balaban J connectivity index is 1.25. The number of carbonyl (C=O) groups excluding carboxylic acids is 3. The van der Waals surface area contributed by atoms with Gasteiger partial charge in [-0.15, -0.1) is 0 Å². The number of esters is 2. The third-order valence-electron chi connectivity index (χ3n) is 9.65. The third-order valence-corrected chi connectivity index (χ3v) is 13.6. The zero-order valence-corrected chi connectivity index (χ0v) is 40.2. The molecule has 31 heteroatoms. The highest BCUT2D eigenvalue weighted by molar-refractivity contribution is 8.76. The molecule has 9 N–H and O–H groups in total. The number of aryl methyl sites for hydroxylation is 1. The van der Waals surface area contributed by atoms with E-state index >= 15 is 0 Å². The number of nitrogens with one attached hydrogen (secondary N) is 1. The molecule has 1 aromatic carbocycles. The molecule has 2 unspecified atom stereocenters. The van der Waals surface area contributed by atoms with Crippen LogP contribution in [-0.4, -0.2) is 128 Å². The molecule has 0 bridgehead atoms. The van der Waals surface area contributed by atoms with Crippen LogP contribution in [0, 0.1) is 6.92 Å². The number of ether oxygens (including phenoxy) is 5. The van der Waals surface area contributed by atoms with Gasteiger partial charge in [-0.2, -0.15) is 4.98 Å². The number of phosphoric acid groups is 2. The Morgan fingerprint density at radius 1 is 1.03 bits per heavy atom. The van der Waals surface area contributed by atoms with Gasteiger partial charge in [0.2, 0.25) is 0 Å². The number of fused-ring (bicyclic) bond motifs is 1. The van der Waals surface area contributed by atoms with Crippen LogP contribution in [0.25, 0.3) is 11.2 Å². The highest BCUT2D eigenvalue weighted by atomic mass is 33.1. The summed E-state index contributed by atoms with van der Waals surface area (Å²) in [6.07, 6.45) is -9.96. The number of carbonyl (C=O) groups is 3. The van der Waals surface area contributed by atoms with Gasteiger partial charge >= 0.3 is 39.4 Å². The topological polar surface area (TPSA) is 383 Å². The van der Waals surface area contributed by atoms with Gasteiger partial charge in [-0.3, -0.25) is 27.5 Å². The van der Waals surface area contributed by atoms with Crippen molar-refractivity contribution in [2.24, 2.45) is 0 Å². The number of nitrogen functional groups attached to an aromatic ring is 2. The largest absolute Gasteiger partial charge is 0.472 e. The van der Waals surface area contributed by atoms with Crippen molar-refractivity contribution in [3.63, 3.8) is 0 Å². The summed E-state index contributed by atoms with van der Waals surface area (Å²) in [7, 11) is -7.57. The first-order chi connectivity index (χ1) is 31.9. The van der Waals surface area contributed by atoms with Crippen molar-refractivity contribution in [3.05, 3.63) is 59.2 Å². The number of nitrogens with two attached hydrogens (primary N) is 2. The minimum Gasteiger partial charge on any atom is -0.455 e. The van der Waals surface area contributed by atoms with Gasteiger partial charge in [-0.05, 0) is 45.4 Å². The van der Waals surface area contributed by atoms with Crippen LogP contribution in [0.3, 0.4) is 0 Å². The first-order valence-electron chi connectivity index (χ1n) is 20.3. The van der Waals surface area contributed by atoms with Crippen molar-refractivity contribution in [1.29, 1.82) is 0 Å². The molecule has 27 nitrogen and oxygen atoms in total. The number of benzene rings is 1. The summed E-state index contributed by atoms with van der Waals surface area (Å²) in [5, 5.41) is 14.1. The van der Waals surface area contributed by atoms with E-state index in [1.54, 1.807) is 45.9 Å². The maximum absolute atomic E-state index is 14.2. The second kappa shape index (κ2) is 21.9. The van der Waals surface area contributed by atoms with E-state index in [0.29, 0.717) is 10.5 Å². The summed E-state index contributed by atoms with van der Waals surface area (Å²) in [6.45, 7) is 6.47. The minimum atomic E-state index is -5.31. The molecule has 0 saturated carbocycles. The predicted molar refractivity (Wildman–Crippen MR) is 238 cm³/mol. The molecule has 9 atom stereocenters. The van der Waals surface area contributed by atoms with Gasteiger partial charge in [0.1, 0.15) is 65.7 Å². The van der Waals surface area contributed by atoms with Gasteiger partial charge < -0.3 is 60.3 Å². The molecule has 6 rings (SSSR count). The van der Waals surface area contributed by atoms with Crippen LogP contribution in [0.4, 0.5) is 16.4 Å². The van der Waals surface area contributed by atoms with E-state index < -0.39 is 114 Å². The molecule has 1 amide bonds. The normalized spacial score (nSPS) is 23.2. The summed E-state index contributed by atoms with van der Waals surface area (Å²) in [4.78, 5) is 99.6. The number of aliphatic hydroxyl groups excluding tert-OH is 1. The highest BCUT2D eigenvalue weighted by Crippen LogP contribution is 2.50. The fraction of sp³-hybridized carbons (Fsp3) is 0.514. The number of imidazole rings is 1. The average molecular weight is 1030 g/mol. The molecule has 5 heterocycles. The second-order valence-electron chi connectivity index (χ2n) is 15.9. The molecule has 2 aliphatic rings. The Kier molecular flexibility index (Phi) is 17.0. The fourth-order valence-electron chi connectivity index (χ4n) is 6.73. The number of para-hydroxylation sites is 1. The van der Waals surface area contributed by atoms with Gasteiger partial charge in [-0.25, -0.2) is 38.5 Å². The van der Waals surface area contributed by atoms with Crippen LogP contribution >= 0.6 is 37.2 Å². The van der Waals surface area contributed by atoms with Crippen molar-refractivity contribution >= 4 is 78.1 Å². The second-order valence-corrected chi connectivity index (χ2v) is 21.2. The molecule has 2 aliphatic heterocycles. The maximum Gasteiger partial charge on any atom is 0.472 e. The van der Waals surface area contributed by atoms with Gasteiger partial charge in [0.15, 0.2) is 23.8 Å². The SMILES string of the molecule is CCSSc1cccc(C)c1OC(=O)C[C@H](NC(=O)OC(C)(C)C)C(=O)O[C@H]1[C@@H](O)[C@H](n2cnc3c(N)ncnc32)O[C@@H]1COP(=O)(O)OC1C[C@H](n2ccc(N)nc2=O)O[C@@H]1COP(=O)(O)O. The monoisotopic (exact) mass is 1030 g/mol. The Hall–Kier alpha value is -4.74. The van der Waals surface area contributed by atoms with Crippen molar-refractivity contribution in [3.8, 4) is 5.75 Å². The van der Waals surface area contributed by atoms with Crippen molar-refractivity contribution < 1.29 is 80.6 Å². The molecular weight excluding hydrogens is 985 g/mol. The van der Waals surface area contributed by atoms with Gasteiger partial charge in [0, 0.05) is 18.4 Å².